The van der Waals surface area contributed by atoms with Crippen molar-refractivity contribution in [1.29, 1.82) is 0 Å². The van der Waals surface area contributed by atoms with Crippen molar-refractivity contribution in [1.82, 2.24) is 9.21 Å². The number of anilines is 1. The SMILES string of the molecule is Cc1ccc(NC(=O)CCN(CCCN(C)C)S(C)(=O)=O)cc1Cl. The van der Waals surface area contributed by atoms with E-state index in [-0.39, 0.29) is 18.9 Å². The van der Waals surface area contributed by atoms with Crippen molar-refractivity contribution in [3.63, 3.8) is 0 Å². The maximum Gasteiger partial charge on any atom is 0.225 e. The Morgan fingerprint density at radius 1 is 1.21 bits per heavy atom. The Morgan fingerprint density at radius 2 is 1.88 bits per heavy atom. The normalized spacial score (nSPS) is 12.0. The van der Waals surface area contributed by atoms with Crippen LogP contribution in [-0.2, 0) is 14.8 Å². The first kappa shape index (κ1) is 20.9. The number of halogens is 1. The highest BCUT2D eigenvalue weighted by atomic mass is 35.5. The number of hydrogen-bond acceptors (Lipinski definition) is 4. The van der Waals surface area contributed by atoms with E-state index in [0.29, 0.717) is 17.3 Å². The third kappa shape index (κ3) is 7.61. The van der Waals surface area contributed by atoms with Gasteiger partial charge >= 0.3 is 0 Å². The summed E-state index contributed by atoms with van der Waals surface area (Å²) >= 11 is 6.02. The minimum atomic E-state index is -3.33. The highest BCUT2D eigenvalue weighted by Gasteiger charge is 2.17. The van der Waals surface area contributed by atoms with E-state index in [9.17, 15) is 13.2 Å². The lowest BCUT2D eigenvalue weighted by Crippen LogP contribution is -2.35. The molecule has 1 rings (SSSR count). The van der Waals surface area contributed by atoms with Gasteiger partial charge in [0.05, 0.1) is 6.26 Å². The number of aryl methyl sites for hydroxylation is 1. The number of amides is 1. The topological polar surface area (TPSA) is 69.7 Å². The van der Waals surface area contributed by atoms with Gasteiger partial charge in [-0.2, -0.15) is 0 Å². The molecule has 0 unspecified atom stereocenters. The van der Waals surface area contributed by atoms with Crippen LogP contribution in [0.15, 0.2) is 18.2 Å². The fourth-order valence-electron chi connectivity index (χ4n) is 2.13. The monoisotopic (exact) mass is 375 g/mol. The summed E-state index contributed by atoms with van der Waals surface area (Å²) in [5.74, 6) is -0.240. The third-order valence-electron chi connectivity index (χ3n) is 3.53. The molecule has 0 saturated carbocycles. The van der Waals surface area contributed by atoms with Crippen LogP contribution in [0.3, 0.4) is 0 Å². The molecule has 0 aliphatic heterocycles. The van der Waals surface area contributed by atoms with Gasteiger partial charge in [0.15, 0.2) is 0 Å². The first-order valence-electron chi connectivity index (χ1n) is 7.75. The van der Waals surface area contributed by atoms with Gasteiger partial charge < -0.3 is 10.2 Å². The molecule has 0 fully saturated rings. The molecule has 8 heteroatoms. The van der Waals surface area contributed by atoms with Crippen molar-refractivity contribution < 1.29 is 13.2 Å². The molecule has 0 aromatic heterocycles. The largest absolute Gasteiger partial charge is 0.326 e. The van der Waals surface area contributed by atoms with E-state index in [2.05, 4.69) is 5.32 Å². The number of carbonyl (C=O) groups is 1. The van der Waals surface area contributed by atoms with Crippen LogP contribution in [0.25, 0.3) is 0 Å². The molecule has 1 aromatic carbocycles. The van der Waals surface area contributed by atoms with Gasteiger partial charge in [-0.1, -0.05) is 17.7 Å². The zero-order chi connectivity index (χ0) is 18.3. The third-order valence-corrected chi connectivity index (χ3v) is 5.24. The number of hydrogen-bond donors (Lipinski definition) is 1. The van der Waals surface area contributed by atoms with Crippen LogP contribution in [0.1, 0.15) is 18.4 Å². The van der Waals surface area contributed by atoms with Crippen LogP contribution >= 0.6 is 11.6 Å². The zero-order valence-electron chi connectivity index (χ0n) is 14.7. The van der Waals surface area contributed by atoms with Crippen LogP contribution in [0, 0.1) is 6.92 Å². The molecule has 24 heavy (non-hydrogen) atoms. The Bertz CT molecular complexity index is 663. The fourth-order valence-corrected chi connectivity index (χ4v) is 3.19. The van der Waals surface area contributed by atoms with Crippen molar-refractivity contribution in [2.45, 2.75) is 19.8 Å². The van der Waals surface area contributed by atoms with E-state index in [1.165, 1.54) is 10.6 Å². The molecule has 0 spiro atoms. The van der Waals surface area contributed by atoms with Crippen LogP contribution in [0.5, 0.6) is 0 Å². The van der Waals surface area contributed by atoms with E-state index in [4.69, 9.17) is 11.6 Å². The number of rotatable bonds is 9. The van der Waals surface area contributed by atoms with Gasteiger partial charge in [-0.05, 0) is 51.7 Å². The molecule has 1 amide bonds. The lowest BCUT2D eigenvalue weighted by molar-refractivity contribution is -0.116. The van der Waals surface area contributed by atoms with E-state index < -0.39 is 10.0 Å². The van der Waals surface area contributed by atoms with E-state index in [1.54, 1.807) is 12.1 Å². The zero-order valence-corrected chi connectivity index (χ0v) is 16.2. The second-order valence-electron chi connectivity index (χ2n) is 6.08. The van der Waals surface area contributed by atoms with Crippen molar-refractivity contribution >= 4 is 33.2 Å². The van der Waals surface area contributed by atoms with Crippen LogP contribution in [-0.4, -0.2) is 63.5 Å². The van der Waals surface area contributed by atoms with Gasteiger partial charge in [0.2, 0.25) is 15.9 Å². The van der Waals surface area contributed by atoms with Gasteiger partial charge in [0, 0.05) is 30.2 Å². The molecule has 1 N–H and O–H groups in total. The minimum Gasteiger partial charge on any atom is -0.326 e. The van der Waals surface area contributed by atoms with Gasteiger partial charge in [-0.3, -0.25) is 4.79 Å². The Morgan fingerprint density at radius 3 is 2.42 bits per heavy atom. The van der Waals surface area contributed by atoms with Crippen molar-refractivity contribution in [2.75, 3.05) is 45.3 Å². The minimum absolute atomic E-state index is 0.0977. The maximum atomic E-state index is 12.0. The molecule has 0 radical (unpaired) electrons. The predicted octanol–water partition coefficient (Wildman–Crippen LogP) is 2.19. The first-order chi connectivity index (χ1) is 11.1. The molecule has 0 bridgehead atoms. The molecule has 0 heterocycles. The van der Waals surface area contributed by atoms with Crippen molar-refractivity contribution in [3.05, 3.63) is 28.8 Å². The van der Waals surface area contributed by atoms with E-state index >= 15 is 0 Å². The summed E-state index contributed by atoms with van der Waals surface area (Å²) in [6, 6.07) is 5.27. The summed E-state index contributed by atoms with van der Waals surface area (Å²) in [6.45, 7) is 3.24. The molecule has 136 valence electrons. The number of sulfonamides is 1. The summed E-state index contributed by atoms with van der Waals surface area (Å²) in [6.07, 6.45) is 1.98. The van der Waals surface area contributed by atoms with Crippen LogP contribution < -0.4 is 5.32 Å². The van der Waals surface area contributed by atoms with Crippen LogP contribution in [0.4, 0.5) is 5.69 Å². The average Bonchev–Trinajstić information content (AvgIpc) is 2.45. The summed E-state index contributed by atoms with van der Waals surface area (Å²) in [4.78, 5) is 14.0. The molecule has 1 aromatic rings. The molecular weight excluding hydrogens is 350 g/mol. The Hall–Kier alpha value is -1.15. The Labute approximate surface area is 149 Å². The van der Waals surface area contributed by atoms with Gasteiger partial charge in [-0.25, -0.2) is 12.7 Å². The predicted molar refractivity (Wildman–Crippen MR) is 99.0 cm³/mol. The van der Waals surface area contributed by atoms with Gasteiger partial charge in [0.25, 0.3) is 0 Å². The summed E-state index contributed by atoms with van der Waals surface area (Å²) in [5.41, 5.74) is 1.54. The fraction of sp³-hybridized carbons (Fsp3) is 0.562. The van der Waals surface area contributed by atoms with E-state index in [1.807, 2.05) is 32.0 Å². The Kier molecular flexibility index (Phi) is 8.15. The number of nitrogens with zero attached hydrogens (tertiary/aromatic N) is 2. The summed E-state index contributed by atoms with van der Waals surface area (Å²) in [5, 5.41) is 3.32. The first-order valence-corrected chi connectivity index (χ1v) is 9.98. The molecule has 0 saturated heterocycles. The highest BCUT2D eigenvalue weighted by Crippen LogP contribution is 2.20. The number of carbonyl (C=O) groups excluding carboxylic acids is 1. The summed E-state index contributed by atoms with van der Waals surface area (Å²) in [7, 11) is 0.541. The maximum absolute atomic E-state index is 12.0. The smallest absolute Gasteiger partial charge is 0.225 e. The van der Waals surface area contributed by atoms with E-state index in [0.717, 1.165) is 18.5 Å². The van der Waals surface area contributed by atoms with Gasteiger partial charge in [0.1, 0.15) is 0 Å². The van der Waals surface area contributed by atoms with Crippen molar-refractivity contribution in [2.24, 2.45) is 0 Å². The quantitative estimate of drug-likeness (QED) is 0.718. The van der Waals surface area contributed by atoms with Crippen LogP contribution in [0.2, 0.25) is 5.02 Å². The summed E-state index contributed by atoms with van der Waals surface area (Å²) < 4.78 is 25.0. The average molecular weight is 376 g/mol. The second-order valence-corrected chi connectivity index (χ2v) is 8.47. The standard InChI is InChI=1S/C16H26ClN3O3S/c1-13-6-7-14(12-15(13)17)18-16(21)8-11-20(24(4,22)23)10-5-9-19(2)3/h6-7,12H,5,8-11H2,1-4H3,(H,18,21). The molecule has 0 atom stereocenters. The second kappa shape index (κ2) is 9.36. The Balaban J connectivity index is 2.55. The lowest BCUT2D eigenvalue weighted by Gasteiger charge is -2.20. The molecule has 0 aliphatic carbocycles. The van der Waals surface area contributed by atoms with Gasteiger partial charge in [-0.15, -0.1) is 0 Å². The van der Waals surface area contributed by atoms with Crippen molar-refractivity contribution in [3.8, 4) is 0 Å². The highest BCUT2D eigenvalue weighted by molar-refractivity contribution is 7.88. The molecule has 0 aliphatic rings. The molecular formula is C16H26ClN3O3S. The number of nitrogens with one attached hydrogen (secondary N) is 1. The lowest BCUT2D eigenvalue weighted by atomic mass is 10.2. The molecule has 6 nitrogen and oxygen atoms in total. The number of benzene rings is 1.